The smallest absolute Gasteiger partial charge is 0.220 e. The predicted octanol–water partition coefficient (Wildman–Crippen LogP) is 12.1. The first-order chi connectivity index (χ1) is 37.6. The van der Waals surface area contributed by atoms with Crippen LogP contribution in [-0.2, 0) is 23.7 Å². The van der Waals surface area contributed by atoms with Crippen LogP contribution in [0.2, 0.25) is 0 Å². The van der Waals surface area contributed by atoms with Crippen LogP contribution in [0.25, 0.3) is 0 Å². The van der Waals surface area contributed by atoms with E-state index < -0.39 is 86.8 Å². The summed E-state index contributed by atoms with van der Waals surface area (Å²) in [5, 5.41) is 87.4. The average Bonchev–Trinajstić information content (AvgIpc) is 3.44. The number of amides is 1. The highest BCUT2D eigenvalue weighted by Crippen LogP contribution is 2.30. The lowest BCUT2D eigenvalue weighted by molar-refractivity contribution is -0.359. The zero-order chi connectivity index (χ0) is 56.0. The highest BCUT2D eigenvalue weighted by Gasteiger charge is 2.51. The Morgan fingerprint density at radius 3 is 1.10 bits per heavy atom. The Bertz CT molecular complexity index is 1300. The van der Waals surface area contributed by atoms with Crippen molar-refractivity contribution in [2.75, 3.05) is 19.8 Å². The van der Waals surface area contributed by atoms with Crippen molar-refractivity contribution in [2.24, 2.45) is 0 Å². The molecule has 458 valence electrons. The zero-order valence-electron chi connectivity index (χ0n) is 49.5. The molecule has 0 radical (unpaired) electrons. The average molecular weight is 1100 g/mol. The maximum absolute atomic E-state index is 13.3. The molecule has 2 aliphatic rings. The van der Waals surface area contributed by atoms with Gasteiger partial charge >= 0.3 is 0 Å². The van der Waals surface area contributed by atoms with Crippen molar-refractivity contribution in [3.8, 4) is 0 Å². The molecule has 12 unspecified atom stereocenters. The van der Waals surface area contributed by atoms with E-state index in [1.165, 1.54) is 225 Å². The molecule has 2 aliphatic heterocycles. The van der Waals surface area contributed by atoms with Crippen LogP contribution in [0.4, 0.5) is 0 Å². The SMILES string of the molecule is CCCCCCCCCCCCCCCCCCCCCCCCCCCC(=O)NC(COC1OC(CO)C(OC2OC(CO)C(O)C(O)C2O)C(O)C1O)C(O)CCCCCCCCCCCCCCCCCCCC. The van der Waals surface area contributed by atoms with Crippen LogP contribution in [0.5, 0.6) is 0 Å². The number of unbranched alkanes of at least 4 members (excludes halogenated alkanes) is 41. The minimum absolute atomic E-state index is 0.198. The summed E-state index contributed by atoms with van der Waals surface area (Å²) in [5.41, 5.74) is 0. The number of aliphatic hydroxyl groups is 8. The summed E-state index contributed by atoms with van der Waals surface area (Å²) < 4.78 is 22.9. The molecule has 2 saturated heterocycles. The summed E-state index contributed by atoms with van der Waals surface area (Å²) in [4.78, 5) is 13.3. The molecule has 0 aromatic rings. The molecule has 77 heavy (non-hydrogen) atoms. The van der Waals surface area contributed by atoms with Gasteiger partial charge in [-0.1, -0.05) is 284 Å². The first kappa shape index (κ1) is 72.1. The van der Waals surface area contributed by atoms with Gasteiger partial charge in [-0.3, -0.25) is 4.79 Å². The fraction of sp³-hybridized carbons (Fsp3) is 0.984. The molecule has 14 nitrogen and oxygen atoms in total. The minimum Gasteiger partial charge on any atom is -0.394 e. The molecular formula is C63H123NO13. The zero-order valence-corrected chi connectivity index (χ0v) is 49.5. The molecule has 0 aromatic heterocycles. The Balaban J connectivity index is 1.69. The number of hydrogen-bond acceptors (Lipinski definition) is 13. The Labute approximate surface area is 470 Å². The van der Waals surface area contributed by atoms with Gasteiger partial charge in [0.05, 0.1) is 32.0 Å². The summed E-state index contributed by atoms with van der Waals surface area (Å²) >= 11 is 0. The van der Waals surface area contributed by atoms with E-state index in [-0.39, 0.29) is 12.5 Å². The van der Waals surface area contributed by atoms with Crippen molar-refractivity contribution >= 4 is 5.91 Å². The molecule has 1 amide bonds. The molecule has 2 rings (SSSR count). The first-order valence-corrected chi connectivity index (χ1v) is 32.8. The molecule has 9 N–H and O–H groups in total. The largest absolute Gasteiger partial charge is 0.394 e. The van der Waals surface area contributed by atoms with Crippen LogP contribution in [-0.4, -0.2) is 140 Å². The molecule has 0 aromatic carbocycles. The van der Waals surface area contributed by atoms with Crippen LogP contribution in [0.1, 0.15) is 303 Å². The van der Waals surface area contributed by atoms with Gasteiger partial charge in [0.2, 0.25) is 5.91 Å². The van der Waals surface area contributed by atoms with E-state index in [4.69, 9.17) is 18.9 Å². The number of aliphatic hydroxyl groups excluding tert-OH is 8. The van der Waals surface area contributed by atoms with Crippen LogP contribution in [0.15, 0.2) is 0 Å². The van der Waals surface area contributed by atoms with Gasteiger partial charge < -0.3 is 65.1 Å². The van der Waals surface area contributed by atoms with E-state index in [0.29, 0.717) is 12.8 Å². The van der Waals surface area contributed by atoms with Crippen LogP contribution in [0.3, 0.4) is 0 Å². The van der Waals surface area contributed by atoms with E-state index in [1.807, 2.05) is 0 Å². The number of hydrogen-bond donors (Lipinski definition) is 9. The van der Waals surface area contributed by atoms with Crippen molar-refractivity contribution in [3.63, 3.8) is 0 Å². The van der Waals surface area contributed by atoms with E-state index in [2.05, 4.69) is 19.2 Å². The summed E-state index contributed by atoms with van der Waals surface area (Å²) in [6.07, 6.45) is 39.6. The maximum atomic E-state index is 13.3. The molecular weight excluding hydrogens is 979 g/mol. The molecule has 0 spiro atoms. The highest BCUT2D eigenvalue weighted by molar-refractivity contribution is 5.76. The summed E-state index contributed by atoms with van der Waals surface area (Å²) in [6, 6.07) is -0.823. The Morgan fingerprint density at radius 1 is 0.416 bits per heavy atom. The number of carbonyl (C=O) groups is 1. The minimum atomic E-state index is -1.78. The Morgan fingerprint density at radius 2 is 0.740 bits per heavy atom. The van der Waals surface area contributed by atoms with Crippen LogP contribution >= 0.6 is 0 Å². The normalized spacial score (nSPS) is 24.6. The molecule has 0 saturated carbocycles. The molecule has 2 fully saturated rings. The Hall–Kier alpha value is -1.01. The standard InChI is InChI=1S/C63H123NO13/c1-3-5-7-9-11-13-15-17-19-21-23-24-25-26-27-28-29-31-33-35-37-39-41-43-45-47-55(68)64-51(52(67)46-44-42-40-38-36-34-32-30-22-20-18-16-14-12-10-8-6-4-2)50-74-62-60(73)58(71)61(54(49-66)76-62)77-63-59(72)57(70)56(69)53(48-65)75-63/h51-54,56-63,65-67,69-73H,3-50H2,1-2H3,(H,64,68). The second-order valence-electron chi connectivity index (χ2n) is 23.6. The third kappa shape index (κ3) is 34.9. The molecule has 14 heteroatoms. The second-order valence-corrected chi connectivity index (χ2v) is 23.6. The lowest BCUT2D eigenvalue weighted by Gasteiger charge is -2.46. The van der Waals surface area contributed by atoms with E-state index >= 15 is 0 Å². The van der Waals surface area contributed by atoms with Crippen molar-refractivity contribution in [2.45, 2.75) is 376 Å². The molecule has 0 bridgehead atoms. The maximum Gasteiger partial charge on any atom is 0.220 e. The number of carbonyl (C=O) groups excluding carboxylic acids is 1. The molecule has 0 aliphatic carbocycles. The summed E-state index contributed by atoms with van der Waals surface area (Å²) in [6.45, 7) is 2.92. The molecule has 12 atom stereocenters. The van der Waals surface area contributed by atoms with Gasteiger partial charge in [-0.05, 0) is 12.8 Å². The Kier molecular flexibility index (Phi) is 46.4. The van der Waals surface area contributed by atoms with E-state index in [9.17, 15) is 45.6 Å². The predicted molar refractivity (Wildman–Crippen MR) is 309 cm³/mol. The van der Waals surface area contributed by atoms with Crippen LogP contribution < -0.4 is 5.32 Å². The fourth-order valence-electron chi connectivity index (χ4n) is 11.3. The quantitative estimate of drug-likeness (QED) is 0.0259. The lowest BCUT2D eigenvalue weighted by atomic mass is 9.97. The lowest BCUT2D eigenvalue weighted by Crippen LogP contribution is -2.65. The van der Waals surface area contributed by atoms with Crippen molar-refractivity contribution in [1.82, 2.24) is 5.32 Å². The van der Waals surface area contributed by atoms with Gasteiger partial charge in [-0.2, -0.15) is 0 Å². The van der Waals surface area contributed by atoms with Crippen molar-refractivity contribution < 1.29 is 64.6 Å². The third-order valence-electron chi connectivity index (χ3n) is 16.6. The van der Waals surface area contributed by atoms with Gasteiger partial charge in [0.15, 0.2) is 12.6 Å². The van der Waals surface area contributed by atoms with E-state index in [1.54, 1.807) is 0 Å². The van der Waals surface area contributed by atoms with Crippen molar-refractivity contribution in [1.29, 1.82) is 0 Å². The third-order valence-corrected chi connectivity index (χ3v) is 16.6. The van der Waals surface area contributed by atoms with Gasteiger partial charge in [-0.15, -0.1) is 0 Å². The number of ether oxygens (including phenoxy) is 4. The second kappa shape index (κ2) is 49.6. The van der Waals surface area contributed by atoms with Gasteiger partial charge in [0, 0.05) is 6.42 Å². The molecule has 2 heterocycles. The number of rotatable bonds is 54. The highest BCUT2D eigenvalue weighted by atomic mass is 16.7. The van der Waals surface area contributed by atoms with Gasteiger partial charge in [0.25, 0.3) is 0 Å². The van der Waals surface area contributed by atoms with E-state index in [0.717, 1.165) is 51.4 Å². The van der Waals surface area contributed by atoms with Crippen LogP contribution in [0, 0.1) is 0 Å². The fourth-order valence-corrected chi connectivity index (χ4v) is 11.3. The van der Waals surface area contributed by atoms with Crippen molar-refractivity contribution in [3.05, 3.63) is 0 Å². The summed E-state index contributed by atoms with van der Waals surface area (Å²) in [7, 11) is 0. The number of nitrogens with one attached hydrogen (secondary N) is 1. The van der Waals surface area contributed by atoms with Gasteiger partial charge in [0.1, 0.15) is 48.8 Å². The van der Waals surface area contributed by atoms with Gasteiger partial charge in [-0.25, -0.2) is 0 Å². The monoisotopic (exact) mass is 1100 g/mol. The topological polar surface area (TPSA) is 228 Å². The summed E-state index contributed by atoms with van der Waals surface area (Å²) in [5.74, 6) is -0.198. The first-order valence-electron chi connectivity index (χ1n) is 32.8.